The van der Waals surface area contributed by atoms with Crippen LogP contribution >= 0.6 is 0 Å². The van der Waals surface area contributed by atoms with Crippen LogP contribution in [0.2, 0.25) is 0 Å². The molecular weight excluding hydrogens is 340 g/mol. The standard InChI is InChI=1S/C19H25F2N3O2/c1-13(19(26)22-14-5-6-16(20)17(21)12-14)23-10-7-15(8-11-23)24-9-3-2-4-18(24)25/h5-6,12-13,15H,2-4,7-11H2,1H3,(H,22,26). The van der Waals surface area contributed by atoms with E-state index in [-0.39, 0.29) is 29.6 Å². The van der Waals surface area contributed by atoms with E-state index in [2.05, 4.69) is 10.2 Å². The van der Waals surface area contributed by atoms with Crippen LogP contribution in [0.15, 0.2) is 18.2 Å². The van der Waals surface area contributed by atoms with Crippen molar-refractivity contribution in [3.8, 4) is 0 Å². The SMILES string of the molecule is CC(C(=O)Nc1ccc(F)c(F)c1)N1CCC(N2CCCCC2=O)CC1. The Hall–Kier alpha value is -2.02. The highest BCUT2D eigenvalue weighted by Crippen LogP contribution is 2.23. The summed E-state index contributed by atoms with van der Waals surface area (Å²) >= 11 is 0. The molecule has 2 heterocycles. The molecule has 1 atom stereocenters. The molecule has 2 amide bonds. The Morgan fingerprint density at radius 3 is 2.54 bits per heavy atom. The molecule has 2 saturated heterocycles. The summed E-state index contributed by atoms with van der Waals surface area (Å²) in [5, 5.41) is 2.64. The summed E-state index contributed by atoms with van der Waals surface area (Å²) in [5.41, 5.74) is 0.245. The van der Waals surface area contributed by atoms with Gasteiger partial charge in [-0.25, -0.2) is 8.78 Å². The number of rotatable bonds is 4. The Bertz CT molecular complexity index is 675. The zero-order valence-corrected chi connectivity index (χ0v) is 15.0. The van der Waals surface area contributed by atoms with Gasteiger partial charge in [-0.2, -0.15) is 0 Å². The fourth-order valence-corrected chi connectivity index (χ4v) is 3.78. The van der Waals surface area contributed by atoms with Crippen molar-refractivity contribution in [2.24, 2.45) is 0 Å². The molecule has 1 N–H and O–H groups in total. The van der Waals surface area contributed by atoms with Crippen LogP contribution in [0.4, 0.5) is 14.5 Å². The number of anilines is 1. The van der Waals surface area contributed by atoms with Crippen LogP contribution in [0.3, 0.4) is 0 Å². The summed E-state index contributed by atoms with van der Waals surface area (Å²) < 4.78 is 26.2. The predicted octanol–water partition coefficient (Wildman–Crippen LogP) is 2.77. The highest BCUT2D eigenvalue weighted by molar-refractivity contribution is 5.94. The van der Waals surface area contributed by atoms with Gasteiger partial charge in [0.2, 0.25) is 11.8 Å². The number of carbonyl (C=O) groups excluding carboxylic acids is 2. The third kappa shape index (κ3) is 4.20. The van der Waals surface area contributed by atoms with Gasteiger partial charge in [0.15, 0.2) is 11.6 Å². The first kappa shape index (κ1) is 18.8. The average molecular weight is 365 g/mol. The second-order valence-electron chi connectivity index (χ2n) is 7.11. The van der Waals surface area contributed by atoms with Gasteiger partial charge in [0.25, 0.3) is 0 Å². The maximum Gasteiger partial charge on any atom is 0.241 e. The molecule has 0 saturated carbocycles. The molecule has 26 heavy (non-hydrogen) atoms. The monoisotopic (exact) mass is 365 g/mol. The van der Waals surface area contributed by atoms with Gasteiger partial charge in [-0.3, -0.25) is 14.5 Å². The third-order valence-electron chi connectivity index (χ3n) is 5.41. The third-order valence-corrected chi connectivity index (χ3v) is 5.41. The first-order chi connectivity index (χ1) is 12.5. The first-order valence-electron chi connectivity index (χ1n) is 9.25. The minimum Gasteiger partial charge on any atom is -0.340 e. The number of piperidine rings is 2. The van der Waals surface area contributed by atoms with Crippen LogP contribution in [0, 0.1) is 11.6 Å². The normalized spacial score (nSPS) is 20.9. The van der Waals surface area contributed by atoms with Crippen molar-refractivity contribution < 1.29 is 18.4 Å². The van der Waals surface area contributed by atoms with Gasteiger partial charge in [-0.1, -0.05) is 0 Å². The van der Waals surface area contributed by atoms with Gasteiger partial charge in [-0.15, -0.1) is 0 Å². The topological polar surface area (TPSA) is 52.7 Å². The Balaban J connectivity index is 1.52. The molecule has 0 bridgehead atoms. The fourth-order valence-electron chi connectivity index (χ4n) is 3.78. The lowest BCUT2D eigenvalue weighted by Crippen LogP contribution is -2.52. The molecular formula is C19H25F2N3O2. The number of likely N-dealkylation sites (tertiary alicyclic amines) is 2. The van der Waals surface area contributed by atoms with E-state index < -0.39 is 11.6 Å². The lowest BCUT2D eigenvalue weighted by atomic mass is 9.98. The molecule has 0 radical (unpaired) electrons. The maximum atomic E-state index is 13.3. The van der Waals surface area contributed by atoms with Gasteiger partial charge in [0, 0.05) is 43.9 Å². The Morgan fingerprint density at radius 2 is 1.88 bits per heavy atom. The molecule has 2 aliphatic rings. The molecule has 142 valence electrons. The minimum absolute atomic E-state index is 0.245. The number of benzene rings is 1. The molecule has 0 spiro atoms. The van der Waals surface area contributed by atoms with Crippen molar-refractivity contribution in [3.63, 3.8) is 0 Å². The molecule has 1 aromatic rings. The smallest absolute Gasteiger partial charge is 0.241 e. The van der Waals surface area contributed by atoms with Crippen LogP contribution in [-0.4, -0.2) is 53.3 Å². The molecule has 0 aromatic heterocycles. The number of nitrogens with one attached hydrogen (secondary N) is 1. The van der Waals surface area contributed by atoms with E-state index in [0.717, 1.165) is 57.5 Å². The summed E-state index contributed by atoms with van der Waals surface area (Å²) in [4.78, 5) is 28.5. The van der Waals surface area contributed by atoms with Crippen molar-refractivity contribution in [2.45, 2.75) is 51.1 Å². The average Bonchev–Trinajstić information content (AvgIpc) is 2.65. The number of hydrogen-bond acceptors (Lipinski definition) is 3. The summed E-state index contributed by atoms with van der Waals surface area (Å²) in [5.74, 6) is -1.92. The largest absolute Gasteiger partial charge is 0.340 e. The number of halogens is 2. The van der Waals surface area contributed by atoms with Crippen LogP contribution in [-0.2, 0) is 9.59 Å². The van der Waals surface area contributed by atoms with Gasteiger partial charge < -0.3 is 10.2 Å². The zero-order chi connectivity index (χ0) is 18.7. The second-order valence-corrected chi connectivity index (χ2v) is 7.11. The van der Waals surface area contributed by atoms with Crippen molar-refractivity contribution in [3.05, 3.63) is 29.8 Å². The van der Waals surface area contributed by atoms with Crippen molar-refractivity contribution in [1.29, 1.82) is 0 Å². The maximum absolute atomic E-state index is 13.3. The fraction of sp³-hybridized carbons (Fsp3) is 0.579. The number of nitrogens with zero attached hydrogens (tertiary/aromatic N) is 2. The molecule has 3 rings (SSSR count). The van der Waals surface area contributed by atoms with Crippen LogP contribution in [0.1, 0.15) is 39.0 Å². The highest BCUT2D eigenvalue weighted by Gasteiger charge is 2.32. The van der Waals surface area contributed by atoms with Gasteiger partial charge in [0.1, 0.15) is 0 Å². The Labute approximate surface area is 152 Å². The molecule has 1 unspecified atom stereocenters. The number of carbonyl (C=O) groups is 2. The zero-order valence-electron chi connectivity index (χ0n) is 15.0. The lowest BCUT2D eigenvalue weighted by molar-refractivity contribution is -0.137. The molecule has 2 aliphatic heterocycles. The quantitative estimate of drug-likeness (QED) is 0.893. The van der Waals surface area contributed by atoms with Gasteiger partial charge in [0.05, 0.1) is 6.04 Å². The van der Waals surface area contributed by atoms with Crippen molar-refractivity contribution in [2.75, 3.05) is 25.0 Å². The highest BCUT2D eigenvalue weighted by atomic mass is 19.2. The molecule has 1 aromatic carbocycles. The lowest BCUT2D eigenvalue weighted by Gasteiger charge is -2.41. The molecule has 5 nitrogen and oxygen atoms in total. The van der Waals surface area contributed by atoms with Gasteiger partial charge in [-0.05, 0) is 44.7 Å². The summed E-state index contributed by atoms with van der Waals surface area (Å²) in [6, 6.07) is 3.21. The molecule has 7 heteroatoms. The van der Waals surface area contributed by atoms with E-state index in [4.69, 9.17) is 0 Å². The minimum atomic E-state index is -0.984. The van der Waals surface area contributed by atoms with E-state index in [1.165, 1.54) is 6.07 Å². The molecule has 2 fully saturated rings. The summed E-state index contributed by atoms with van der Waals surface area (Å²) in [6.07, 6.45) is 4.41. The second kappa shape index (κ2) is 8.12. The summed E-state index contributed by atoms with van der Waals surface area (Å²) in [7, 11) is 0. The van der Waals surface area contributed by atoms with E-state index in [1.54, 1.807) is 0 Å². The Morgan fingerprint density at radius 1 is 1.15 bits per heavy atom. The van der Waals surface area contributed by atoms with Crippen LogP contribution < -0.4 is 5.32 Å². The van der Waals surface area contributed by atoms with Crippen LogP contribution in [0.25, 0.3) is 0 Å². The van der Waals surface area contributed by atoms with E-state index in [9.17, 15) is 18.4 Å². The van der Waals surface area contributed by atoms with Crippen molar-refractivity contribution >= 4 is 17.5 Å². The van der Waals surface area contributed by atoms with Crippen molar-refractivity contribution in [1.82, 2.24) is 9.80 Å². The number of hydrogen-bond donors (Lipinski definition) is 1. The van der Waals surface area contributed by atoms with Gasteiger partial charge >= 0.3 is 0 Å². The molecule has 0 aliphatic carbocycles. The first-order valence-corrected chi connectivity index (χ1v) is 9.25. The summed E-state index contributed by atoms with van der Waals surface area (Å²) in [6.45, 7) is 4.12. The van der Waals surface area contributed by atoms with E-state index >= 15 is 0 Å². The van der Waals surface area contributed by atoms with E-state index in [0.29, 0.717) is 6.42 Å². The van der Waals surface area contributed by atoms with E-state index in [1.807, 2.05) is 11.8 Å². The van der Waals surface area contributed by atoms with Crippen LogP contribution in [0.5, 0.6) is 0 Å². The number of amides is 2. The predicted molar refractivity (Wildman–Crippen MR) is 94.6 cm³/mol. The Kier molecular flexibility index (Phi) is 5.86.